The Morgan fingerprint density at radius 3 is 2.95 bits per heavy atom. The van der Waals surface area contributed by atoms with E-state index in [0.717, 1.165) is 16.9 Å². The third-order valence-corrected chi connectivity index (χ3v) is 2.96. The van der Waals surface area contributed by atoms with Crippen LogP contribution >= 0.6 is 11.6 Å². The highest BCUT2D eigenvalue weighted by Crippen LogP contribution is 2.24. The van der Waals surface area contributed by atoms with Crippen molar-refractivity contribution in [1.82, 2.24) is 9.38 Å². The number of nitrogens with zero attached hydrogens (tertiary/aromatic N) is 3. The van der Waals surface area contributed by atoms with Gasteiger partial charge < -0.3 is 4.40 Å². The van der Waals surface area contributed by atoms with Crippen LogP contribution in [0, 0.1) is 0 Å². The summed E-state index contributed by atoms with van der Waals surface area (Å²) in [5.41, 5.74) is 3.05. The molecule has 0 aliphatic carbocycles. The van der Waals surface area contributed by atoms with Crippen molar-refractivity contribution in [2.75, 3.05) is 0 Å². The van der Waals surface area contributed by atoms with E-state index >= 15 is 0 Å². The molecule has 3 aromatic rings. The smallest absolute Gasteiger partial charge is 0.240 e. The fraction of sp³-hybridized carbons (Fsp3) is 0. The number of imidazole rings is 1. The molecule has 0 aliphatic rings. The SMILES string of the molecule is O=C=Nc1cccc(-c2cn3cc(Cl)ccc3n2)c1. The summed E-state index contributed by atoms with van der Waals surface area (Å²) < 4.78 is 1.85. The minimum absolute atomic E-state index is 0.558. The van der Waals surface area contributed by atoms with Crippen LogP contribution in [0.3, 0.4) is 0 Å². The number of carbonyl (C=O) groups excluding carboxylic acids is 1. The first-order valence-corrected chi connectivity index (χ1v) is 5.96. The molecule has 0 radical (unpaired) electrons. The second kappa shape index (κ2) is 4.69. The van der Waals surface area contributed by atoms with Crippen LogP contribution in [0.4, 0.5) is 5.69 Å². The molecular weight excluding hydrogens is 262 g/mol. The summed E-state index contributed by atoms with van der Waals surface area (Å²) in [4.78, 5) is 18.4. The number of fused-ring (bicyclic) bond motifs is 1. The van der Waals surface area contributed by atoms with Gasteiger partial charge in [-0.2, -0.15) is 4.99 Å². The van der Waals surface area contributed by atoms with Crippen molar-refractivity contribution in [2.45, 2.75) is 0 Å². The summed E-state index contributed by atoms with van der Waals surface area (Å²) in [6.07, 6.45) is 5.20. The van der Waals surface area contributed by atoms with E-state index in [4.69, 9.17) is 11.6 Å². The summed E-state index contributed by atoms with van der Waals surface area (Å²) in [5, 5.41) is 0.649. The Balaban J connectivity index is 2.13. The van der Waals surface area contributed by atoms with Gasteiger partial charge in [0, 0.05) is 18.0 Å². The van der Waals surface area contributed by atoms with Gasteiger partial charge in [0.2, 0.25) is 6.08 Å². The van der Waals surface area contributed by atoms with Crippen molar-refractivity contribution < 1.29 is 4.79 Å². The first-order chi connectivity index (χ1) is 9.26. The van der Waals surface area contributed by atoms with Crippen molar-refractivity contribution in [1.29, 1.82) is 0 Å². The molecule has 92 valence electrons. The number of rotatable bonds is 2. The van der Waals surface area contributed by atoms with Gasteiger partial charge in [-0.05, 0) is 24.3 Å². The maximum absolute atomic E-state index is 10.3. The summed E-state index contributed by atoms with van der Waals surface area (Å²) in [6, 6.07) is 10.9. The topological polar surface area (TPSA) is 46.7 Å². The van der Waals surface area contributed by atoms with E-state index in [9.17, 15) is 4.79 Å². The van der Waals surface area contributed by atoms with Gasteiger partial charge in [0.1, 0.15) is 5.65 Å². The second-order valence-electron chi connectivity index (χ2n) is 3.99. The van der Waals surface area contributed by atoms with E-state index in [1.165, 1.54) is 6.08 Å². The van der Waals surface area contributed by atoms with E-state index in [0.29, 0.717) is 10.7 Å². The van der Waals surface area contributed by atoms with Crippen molar-refractivity contribution >= 4 is 29.0 Å². The van der Waals surface area contributed by atoms with E-state index in [2.05, 4.69) is 9.98 Å². The predicted octanol–water partition coefficient (Wildman–Crippen LogP) is 3.62. The lowest BCUT2D eigenvalue weighted by atomic mass is 10.1. The average Bonchev–Trinajstić information content (AvgIpc) is 2.82. The summed E-state index contributed by atoms with van der Waals surface area (Å²) in [6.45, 7) is 0. The molecule has 2 heterocycles. The first-order valence-electron chi connectivity index (χ1n) is 5.59. The largest absolute Gasteiger partial charge is 0.305 e. The standard InChI is InChI=1S/C14H8ClN3O/c15-11-4-5-14-17-13(8-18(14)7-11)10-2-1-3-12(6-10)16-9-19/h1-8H. The van der Waals surface area contributed by atoms with Gasteiger partial charge in [0.15, 0.2) is 0 Å². The molecule has 0 saturated carbocycles. The molecular formula is C14H8ClN3O. The monoisotopic (exact) mass is 269 g/mol. The van der Waals surface area contributed by atoms with Crippen molar-refractivity contribution in [3.05, 3.63) is 53.8 Å². The maximum Gasteiger partial charge on any atom is 0.240 e. The third kappa shape index (κ3) is 2.27. The lowest BCUT2D eigenvalue weighted by Gasteiger charge is -1.96. The van der Waals surface area contributed by atoms with E-state index < -0.39 is 0 Å². The number of hydrogen-bond acceptors (Lipinski definition) is 3. The predicted molar refractivity (Wildman–Crippen MR) is 73.4 cm³/mol. The van der Waals surface area contributed by atoms with Crippen LogP contribution in [-0.2, 0) is 4.79 Å². The Morgan fingerprint density at radius 1 is 1.21 bits per heavy atom. The molecule has 0 N–H and O–H groups in total. The Kier molecular flexibility index (Phi) is 2.88. The van der Waals surface area contributed by atoms with E-state index in [-0.39, 0.29) is 0 Å². The number of isocyanates is 1. The molecule has 19 heavy (non-hydrogen) atoms. The fourth-order valence-corrected chi connectivity index (χ4v) is 2.06. The van der Waals surface area contributed by atoms with Crippen molar-refractivity contribution in [3.8, 4) is 11.3 Å². The molecule has 0 atom stereocenters. The molecule has 5 heteroatoms. The molecule has 0 unspecified atom stereocenters. The second-order valence-corrected chi connectivity index (χ2v) is 4.43. The molecule has 0 bridgehead atoms. The van der Waals surface area contributed by atoms with Crippen LogP contribution in [0.25, 0.3) is 16.9 Å². The molecule has 4 nitrogen and oxygen atoms in total. The highest BCUT2D eigenvalue weighted by Gasteiger charge is 2.05. The molecule has 0 fully saturated rings. The Labute approximate surface area is 114 Å². The van der Waals surface area contributed by atoms with Gasteiger partial charge in [-0.3, -0.25) is 0 Å². The Morgan fingerprint density at radius 2 is 2.11 bits per heavy atom. The summed E-state index contributed by atoms with van der Waals surface area (Å²) in [7, 11) is 0. The van der Waals surface area contributed by atoms with Crippen LogP contribution in [-0.4, -0.2) is 15.5 Å². The molecule has 0 saturated heterocycles. The average molecular weight is 270 g/mol. The maximum atomic E-state index is 10.3. The third-order valence-electron chi connectivity index (χ3n) is 2.73. The molecule has 3 rings (SSSR count). The van der Waals surface area contributed by atoms with Crippen LogP contribution < -0.4 is 0 Å². The van der Waals surface area contributed by atoms with E-state index in [1.54, 1.807) is 24.4 Å². The highest BCUT2D eigenvalue weighted by atomic mass is 35.5. The Hall–Kier alpha value is -2.42. The molecule has 1 aromatic carbocycles. The van der Waals surface area contributed by atoms with Crippen LogP contribution in [0.2, 0.25) is 5.02 Å². The number of aliphatic imine (C=N–C) groups is 1. The normalized spacial score (nSPS) is 10.4. The zero-order chi connectivity index (χ0) is 13.2. The van der Waals surface area contributed by atoms with Gasteiger partial charge >= 0.3 is 0 Å². The lowest BCUT2D eigenvalue weighted by molar-refractivity contribution is 0.565. The number of benzene rings is 1. The van der Waals surface area contributed by atoms with Gasteiger partial charge in [-0.1, -0.05) is 23.7 Å². The minimum Gasteiger partial charge on any atom is -0.305 e. The van der Waals surface area contributed by atoms with Crippen LogP contribution in [0.5, 0.6) is 0 Å². The van der Waals surface area contributed by atoms with Crippen LogP contribution in [0.15, 0.2) is 53.8 Å². The van der Waals surface area contributed by atoms with Gasteiger partial charge in [0.05, 0.1) is 16.4 Å². The molecule has 2 aromatic heterocycles. The number of hydrogen-bond donors (Lipinski definition) is 0. The van der Waals surface area contributed by atoms with Gasteiger partial charge in [0.25, 0.3) is 0 Å². The molecule has 0 aliphatic heterocycles. The first kappa shape index (κ1) is 11.7. The zero-order valence-electron chi connectivity index (χ0n) is 9.75. The molecule has 0 spiro atoms. The van der Waals surface area contributed by atoms with Gasteiger partial charge in [-0.25, -0.2) is 9.78 Å². The molecule has 0 amide bonds. The lowest BCUT2D eigenvalue weighted by Crippen LogP contribution is -1.79. The zero-order valence-corrected chi connectivity index (χ0v) is 10.5. The fourth-order valence-electron chi connectivity index (χ4n) is 1.89. The van der Waals surface area contributed by atoms with Crippen molar-refractivity contribution in [2.24, 2.45) is 4.99 Å². The highest BCUT2D eigenvalue weighted by molar-refractivity contribution is 6.30. The number of aromatic nitrogens is 2. The summed E-state index contributed by atoms with van der Waals surface area (Å²) >= 11 is 5.93. The Bertz CT molecular complexity index is 803. The minimum atomic E-state index is 0.558. The van der Waals surface area contributed by atoms with Crippen LogP contribution in [0.1, 0.15) is 0 Å². The number of halogens is 1. The van der Waals surface area contributed by atoms with Gasteiger partial charge in [-0.15, -0.1) is 0 Å². The quantitative estimate of drug-likeness (QED) is 0.527. The number of pyridine rings is 1. The van der Waals surface area contributed by atoms with E-state index in [1.807, 2.05) is 28.8 Å². The summed E-state index contributed by atoms with van der Waals surface area (Å²) in [5.74, 6) is 0. The van der Waals surface area contributed by atoms with Crippen molar-refractivity contribution in [3.63, 3.8) is 0 Å².